The molecule has 0 aliphatic rings. The molecule has 0 fully saturated rings. The number of hydrogen-bond donors (Lipinski definition) is 1. The lowest BCUT2D eigenvalue weighted by molar-refractivity contribution is 0.310. The molecular weight excluding hydrogens is 160 g/mol. The maximum atomic E-state index is 3.13. The minimum atomic E-state index is 0.924. The van der Waals surface area contributed by atoms with Crippen LogP contribution in [-0.4, -0.2) is 25.7 Å². The van der Waals surface area contributed by atoms with Crippen molar-refractivity contribution in [1.82, 2.24) is 10.2 Å². The lowest BCUT2D eigenvalue weighted by Gasteiger charge is -2.15. The lowest BCUT2D eigenvalue weighted by Crippen LogP contribution is -2.27. The highest BCUT2D eigenvalue weighted by molar-refractivity contribution is 5.21. The van der Waals surface area contributed by atoms with E-state index in [-0.39, 0.29) is 0 Å². The van der Waals surface area contributed by atoms with Gasteiger partial charge in [0.1, 0.15) is 0 Å². The number of aryl methyl sites for hydroxylation is 1. The normalized spacial score (nSPS) is 10.8. The van der Waals surface area contributed by atoms with Gasteiger partial charge < -0.3 is 5.32 Å². The number of nitrogens with one attached hydrogen (secondary N) is 1. The summed E-state index contributed by atoms with van der Waals surface area (Å²) in [5.74, 6) is 0. The smallest absolute Gasteiger partial charge is 0.0478 e. The van der Waals surface area contributed by atoms with Crippen LogP contribution in [-0.2, 0) is 6.54 Å². The van der Waals surface area contributed by atoms with Gasteiger partial charge in [0, 0.05) is 13.2 Å². The van der Waals surface area contributed by atoms with Crippen LogP contribution in [0.5, 0.6) is 0 Å². The fourth-order valence-electron chi connectivity index (χ4n) is 1.33. The quantitative estimate of drug-likeness (QED) is 0.705. The summed E-state index contributed by atoms with van der Waals surface area (Å²) in [6.07, 6.45) is 0. The first-order chi connectivity index (χ1) is 6.22. The second-order valence-electron chi connectivity index (χ2n) is 3.51. The number of nitrogens with zero attached hydrogens (tertiary/aromatic N) is 1. The molecule has 0 aromatic heterocycles. The third kappa shape index (κ3) is 3.57. The van der Waals surface area contributed by atoms with E-state index >= 15 is 0 Å². The molecule has 0 aliphatic carbocycles. The van der Waals surface area contributed by atoms with Crippen molar-refractivity contribution >= 4 is 0 Å². The van der Waals surface area contributed by atoms with Crippen molar-refractivity contribution in [3.63, 3.8) is 0 Å². The van der Waals surface area contributed by atoms with Crippen molar-refractivity contribution in [2.45, 2.75) is 13.5 Å². The molecule has 0 unspecified atom stereocenters. The molecule has 0 bridgehead atoms. The summed E-state index contributed by atoms with van der Waals surface area (Å²) in [5.41, 5.74) is 2.68. The molecule has 72 valence electrons. The standard InChI is InChI=1S/C11H18N2/c1-10-4-6-11(7-5-10)8-13(3)9-12-2/h4-7,12H,8-9H2,1-3H3. The predicted octanol–water partition coefficient (Wildman–Crippen LogP) is 1.60. The van der Waals surface area contributed by atoms with Crippen LogP contribution >= 0.6 is 0 Å². The van der Waals surface area contributed by atoms with Gasteiger partial charge in [0.25, 0.3) is 0 Å². The Morgan fingerprint density at radius 2 is 1.85 bits per heavy atom. The molecule has 0 saturated heterocycles. The van der Waals surface area contributed by atoms with E-state index in [1.165, 1.54) is 11.1 Å². The van der Waals surface area contributed by atoms with Gasteiger partial charge in [0.2, 0.25) is 0 Å². The summed E-state index contributed by atoms with van der Waals surface area (Å²) < 4.78 is 0. The molecule has 0 radical (unpaired) electrons. The Balaban J connectivity index is 2.49. The molecular formula is C11H18N2. The predicted molar refractivity (Wildman–Crippen MR) is 56.6 cm³/mol. The molecule has 0 amide bonds. The molecule has 1 N–H and O–H groups in total. The van der Waals surface area contributed by atoms with Gasteiger partial charge in [-0.2, -0.15) is 0 Å². The number of hydrogen-bond acceptors (Lipinski definition) is 2. The molecule has 0 heterocycles. The van der Waals surface area contributed by atoms with E-state index in [0.717, 1.165) is 13.2 Å². The monoisotopic (exact) mass is 178 g/mol. The highest BCUT2D eigenvalue weighted by atomic mass is 15.2. The topological polar surface area (TPSA) is 15.3 Å². The maximum Gasteiger partial charge on any atom is 0.0478 e. The van der Waals surface area contributed by atoms with Crippen LogP contribution in [0, 0.1) is 6.92 Å². The third-order valence-corrected chi connectivity index (χ3v) is 2.00. The summed E-state index contributed by atoms with van der Waals surface area (Å²) >= 11 is 0. The van der Waals surface area contributed by atoms with E-state index in [1.807, 2.05) is 7.05 Å². The van der Waals surface area contributed by atoms with Gasteiger partial charge in [-0.3, -0.25) is 4.90 Å². The summed E-state index contributed by atoms with van der Waals surface area (Å²) in [7, 11) is 4.07. The number of benzene rings is 1. The van der Waals surface area contributed by atoms with Crippen LogP contribution in [0.15, 0.2) is 24.3 Å². The van der Waals surface area contributed by atoms with Crippen LogP contribution in [0.2, 0.25) is 0 Å². The zero-order valence-electron chi connectivity index (χ0n) is 8.67. The first-order valence-corrected chi connectivity index (χ1v) is 4.61. The van der Waals surface area contributed by atoms with Crippen molar-refractivity contribution in [3.05, 3.63) is 35.4 Å². The highest BCUT2D eigenvalue weighted by Gasteiger charge is 1.97. The summed E-state index contributed by atoms with van der Waals surface area (Å²) in [6, 6.07) is 8.67. The van der Waals surface area contributed by atoms with Gasteiger partial charge in [-0.05, 0) is 26.6 Å². The van der Waals surface area contributed by atoms with E-state index < -0.39 is 0 Å². The summed E-state index contributed by atoms with van der Waals surface area (Å²) in [4.78, 5) is 2.24. The van der Waals surface area contributed by atoms with E-state index in [0.29, 0.717) is 0 Å². The molecule has 2 nitrogen and oxygen atoms in total. The fourth-order valence-corrected chi connectivity index (χ4v) is 1.33. The third-order valence-electron chi connectivity index (χ3n) is 2.00. The zero-order chi connectivity index (χ0) is 9.68. The molecule has 13 heavy (non-hydrogen) atoms. The minimum Gasteiger partial charge on any atom is -0.307 e. The molecule has 1 aromatic rings. The van der Waals surface area contributed by atoms with Gasteiger partial charge >= 0.3 is 0 Å². The second-order valence-corrected chi connectivity index (χ2v) is 3.51. The molecule has 0 saturated carbocycles. The Morgan fingerprint density at radius 3 is 2.38 bits per heavy atom. The Labute approximate surface area is 80.6 Å². The number of rotatable bonds is 4. The van der Waals surface area contributed by atoms with Crippen LogP contribution in [0.3, 0.4) is 0 Å². The first-order valence-electron chi connectivity index (χ1n) is 4.61. The van der Waals surface area contributed by atoms with Crippen molar-refractivity contribution in [2.24, 2.45) is 0 Å². The minimum absolute atomic E-state index is 0.924. The highest BCUT2D eigenvalue weighted by Crippen LogP contribution is 2.04. The molecule has 0 spiro atoms. The Kier molecular flexibility index (Phi) is 3.93. The van der Waals surface area contributed by atoms with Crippen molar-refractivity contribution in [2.75, 3.05) is 20.8 Å². The SMILES string of the molecule is CNCN(C)Cc1ccc(C)cc1. The maximum absolute atomic E-state index is 3.13. The van der Waals surface area contributed by atoms with E-state index in [1.54, 1.807) is 0 Å². The molecule has 1 aromatic carbocycles. The lowest BCUT2D eigenvalue weighted by atomic mass is 10.1. The van der Waals surface area contributed by atoms with Crippen molar-refractivity contribution in [3.8, 4) is 0 Å². The van der Waals surface area contributed by atoms with Gasteiger partial charge in [-0.1, -0.05) is 29.8 Å². The van der Waals surface area contributed by atoms with Crippen molar-refractivity contribution < 1.29 is 0 Å². The van der Waals surface area contributed by atoms with E-state index in [9.17, 15) is 0 Å². The van der Waals surface area contributed by atoms with Gasteiger partial charge in [-0.15, -0.1) is 0 Å². The van der Waals surface area contributed by atoms with Crippen LogP contribution in [0.25, 0.3) is 0 Å². The molecule has 2 heteroatoms. The molecule has 1 rings (SSSR count). The zero-order valence-corrected chi connectivity index (χ0v) is 8.67. The van der Waals surface area contributed by atoms with Crippen LogP contribution < -0.4 is 5.32 Å². The van der Waals surface area contributed by atoms with Crippen LogP contribution in [0.1, 0.15) is 11.1 Å². The van der Waals surface area contributed by atoms with E-state index in [4.69, 9.17) is 0 Å². The van der Waals surface area contributed by atoms with Crippen LogP contribution in [0.4, 0.5) is 0 Å². The largest absolute Gasteiger partial charge is 0.307 e. The van der Waals surface area contributed by atoms with Crippen molar-refractivity contribution in [1.29, 1.82) is 0 Å². The molecule has 0 aliphatic heterocycles. The summed E-state index contributed by atoms with van der Waals surface area (Å²) in [5, 5.41) is 3.13. The average molecular weight is 178 g/mol. The summed E-state index contributed by atoms with van der Waals surface area (Å²) in [6.45, 7) is 4.04. The Hall–Kier alpha value is -0.860. The Bertz CT molecular complexity index is 241. The van der Waals surface area contributed by atoms with Gasteiger partial charge in [-0.25, -0.2) is 0 Å². The Morgan fingerprint density at radius 1 is 1.23 bits per heavy atom. The van der Waals surface area contributed by atoms with E-state index in [2.05, 4.69) is 48.5 Å². The first kappa shape index (κ1) is 10.2. The van der Waals surface area contributed by atoms with Gasteiger partial charge in [0.05, 0.1) is 0 Å². The average Bonchev–Trinajstić information content (AvgIpc) is 2.09. The fraction of sp³-hybridized carbons (Fsp3) is 0.455. The van der Waals surface area contributed by atoms with Gasteiger partial charge in [0.15, 0.2) is 0 Å². The molecule has 0 atom stereocenters. The second kappa shape index (κ2) is 5.00.